The second kappa shape index (κ2) is 10.0. The van der Waals surface area contributed by atoms with Gasteiger partial charge in [-0.3, -0.25) is 14.9 Å². The summed E-state index contributed by atoms with van der Waals surface area (Å²) in [6.07, 6.45) is 2.97. The molecule has 0 spiro atoms. The van der Waals surface area contributed by atoms with E-state index in [0.717, 1.165) is 0 Å². The molecule has 9 atom stereocenters. The highest BCUT2D eigenvalue weighted by Crippen LogP contribution is 2.70. The molecular formula is C29H39BrFNO8. The number of alkyl halides is 2. The van der Waals surface area contributed by atoms with Gasteiger partial charge in [0, 0.05) is 16.7 Å². The van der Waals surface area contributed by atoms with Crippen LogP contribution in [0.1, 0.15) is 67.2 Å². The van der Waals surface area contributed by atoms with Gasteiger partial charge in [-0.25, -0.2) is 14.0 Å². The maximum atomic E-state index is 17.3. The molecule has 0 aliphatic heterocycles. The number of allylic oxidation sites excluding steroid dienone is 4. The van der Waals surface area contributed by atoms with Gasteiger partial charge in [0.25, 0.3) is 0 Å². The van der Waals surface area contributed by atoms with Gasteiger partial charge >= 0.3 is 12.1 Å². The zero-order valence-corrected chi connectivity index (χ0v) is 25.3. The number of aliphatic hydroxyl groups is 2. The van der Waals surface area contributed by atoms with Crippen molar-refractivity contribution in [1.29, 1.82) is 0 Å². The van der Waals surface area contributed by atoms with Crippen molar-refractivity contribution in [2.24, 2.45) is 28.6 Å². The number of ether oxygens (including phenoxy) is 2. The standard InChI is InChI=1S/C29H39BrFNO8/c1-15-11-19-18-8-7-16-12-17(33)9-10-26(16,5)28(18,31)20(34)13-27(19,6)29(15,38)21(35)14-39-23(36)22(30)32-24(37)40-25(2,3)4/h9-10,12,15,18-20,22,34,38H,7-8,11,13-14H2,1-6H3,(H,32,37)/t15-,18?,19?,20-,22?,26-,27-,28-,29-/m0/s1. The Labute approximate surface area is 242 Å². The number of halogens is 2. The molecule has 0 aromatic heterocycles. The lowest BCUT2D eigenvalue weighted by Gasteiger charge is -2.62. The molecule has 0 aromatic carbocycles. The monoisotopic (exact) mass is 627 g/mol. The molecule has 11 heteroatoms. The van der Waals surface area contributed by atoms with Crippen molar-refractivity contribution in [2.75, 3.05) is 6.61 Å². The quantitative estimate of drug-likeness (QED) is 0.238. The number of carbonyl (C=O) groups excluding carboxylic acids is 4. The highest BCUT2D eigenvalue weighted by Gasteiger charge is 2.75. The summed E-state index contributed by atoms with van der Waals surface area (Å²) in [4.78, 5) is 48.7. The molecule has 0 bridgehead atoms. The van der Waals surface area contributed by atoms with E-state index in [9.17, 15) is 29.4 Å². The van der Waals surface area contributed by atoms with Gasteiger partial charge in [-0.05, 0) is 77.4 Å². The number of alkyl carbamates (subject to hydrolysis) is 1. The number of rotatable bonds is 5. The molecule has 222 valence electrons. The lowest BCUT2D eigenvalue weighted by atomic mass is 9.44. The Balaban J connectivity index is 1.53. The van der Waals surface area contributed by atoms with Gasteiger partial charge in [0.1, 0.15) is 11.2 Å². The minimum atomic E-state index is -2.09. The summed E-state index contributed by atoms with van der Waals surface area (Å²) in [5, 5.41) is 25.7. The topological polar surface area (TPSA) is 139 Å². The molecule has 0 saturated heterocycles. The van der Waals surface area contributed by atoms with Crippen LogP contribution in [0.15, 0.2) is 23.8 Å². The van der Waals surface area contributed by atoms with Crippen LogP contribution in [-0.2, 0) is 23.9 Å². The first-order valence-corrected chi connectivity index (χ1v) is 14.6. The van der Waals surface area contributed by atoms with Crippen LogP contribution < -0.4 is 5.32 Å². The molecule has 3 N–H and O–H groups in total. The first kappa shape index (κ1) is 30.8. The fourth-order valence-electron chi connectivity index (χ4n) is 7.93. The molecule has 3 unspecified atom stereocenters. The molecule has 0 heterocycles. The highest BCUT2D eigenvalue weighted by atomic mass is 79.9. The largest absolute Gasteiger partial charge is 0.455 e. The van der Waals surface area contributed by atoms with Crippen LogP contribution in [0.4, 0.5) is 9.18 Å². The van der Waals surface area contributed by atoms with Crippen LogP contribution in [0.5, 0.6) is 0 Å². The van der Waals surface area contributed by atoms with E-state index in [1.165, 1.54) is 12.2 Å². The van der Waals surface area contributed by atoms with Gasteiger partial charge in [-0.15, -0.1) is 0 Å². The summed E-state index contributed by atoms with van der Waals surface area (Å²) in [6.45, 7) is 9.34. The Hall–Kier alpha value is -2.11. The van der Waals surface area contributed by atoms with Crippen LogP contribution >= 0.6 is 15.9 Å². The Morgan fingerprint density at radius 3 is 2.52 bits per heavy atom. The number of hydrogen-bond donors (Lipinski definition) is 3. The molecule has 4 rings (SSSR count). The molecule has 0 aromatic rings. The molecule has 3 fully saturated rings. The number of carbonyl (C=O) groups is 4. The first-order valence-electron chi connectivity index (χ1n) is 13.7. The summed E-state index contributed by atoms with van der Waals surface area (Å²) in [5.41, 5.74) is -6.59. The number of Topliss-reactive ketones (excluding diaryl/α,β-unsaturated/α-hetero) is 1. The van der Waals surface area contributed by atoms with E-state index in [-0.39, 0.29) is 12.2 Å². The average Bonchev–Trinajstić information content (AvgIpc) is 3.03. The van der Waals surface area contributed by atoms with Crippen molar-refractivity contribution in [2.45, 2.75) is 95.2 Å². The predicted octanol–water partition coefficient (Wildman–Crippen LogP) is 3.69. The van der Waals surface area contributed by atoms with E-state index in [1.807, 2.05) is 0 Å². The Bertz CT molecular complexity index is 1180. The fourth-order valence-corrected chi connectivity index (χ4v) is 8.25. The van der Waals surface area contributed by atoms with Crippen molar-refractivity contribution in [1.82, 2.24) is 5.32 Å². The summed E-state index contributed by atoms with van der Waals surface area (Å²) >= 11 is 3.00. The summed E-state index contributed by atoms with van der Waals surface area (Å²) in [6, 6.07) is 0. The minimum Gasteiger partial charge on any atom is -0.455 e. The summed E-state index contributed by atoms with van der Waals surface area (Å²) < 4.78 is 27.5. The van der Waals surface area contributed by atoms with Crippen molar-refractivity contribution in [3.63, 3.8) is 0 Å². The minimum absolute atomic E-state index is 0.183. The van der Waals surface area contributed by atoms with E-state index in [0.29, 0.717) is 24.8 Å². The van der Waals surface area contributed by atoms with E-state index < -0.39 is 81.0 Å². The van der Waals surface area contributed by atoms with Crippen LogP contribution in [-0.4, -0.2) is 68.4 Å². The van der Waals surface area contributed by atoms with Gasteiger partial charge in [0.15, 0.2) is 23.0 Å². The SMILES string of the molecule is C[C@H]1CC2C3CCC4=CC(=O)C=C[C@]4(C)[C@@]3(F)[C@@H](O)C[C@]2(C)[C@@]1(O)C(=O)COC(=O)C(Br)NC(=O)OC(C)(C)C. The van der Waals surface area contributed by atoms with Crippen molar-refractivity contribution >= 4 is 39.6 Å². The van der Waals surface area contributed by atoms with E-state index in [2.05, 4.69) is 21.2 Å². The Morgan fingerprint density at radius 1 is 1.25 bits per heavy atom. The molecule has 4 aliphatic carbocycles. The first-order chi connectivity index (χ1) is 18.3. The normalized spacial score (nSPS) is 41.1. The Morgan fingerprint density at radius 2 is 1.90 bits per heavy atom. The maximum Gasteiger partial charge on any atom is 0.409 e. The third-order valence-electron chi connectivity index (χ3n) is 9.84. The van der Waals surface area contributed by atoms with Crippen molar-refractivity contribution in [3.05, 3.63) is 23.8 Å². The van der Waals surface area contributed by atoms with E-state index >= 15 is 4.39 Å². The number of nitrogens with one attached hydrogen (secondary N) is 1. The van der Waals surface area contributed by atoms with Gasteiger partial charge in [0.05, 0.1) is 6.10 Å². The van der Waals surface area contributed by atoms with Crippen LogP contribution in [0.25, 0.3) is 0 Å². The van der Waals surface area contributed by atoms with Crippen molar-refractivity contribution < 1.29 is 43.3 Å². The van der Waals surface area contributed by atoms with Gasteiger partial charge < -0.3 is 19.7 Å². The molecule has 9 nitrogen and oxygen atoms in total. The smallest absolute Gasteiger partial charge is 0.409 e. The number of amides is 1. The maximum absolute atomic E-state index is 17.3. The zero-order chi connectivity index (χ0) is 30.1. The second-order valence-corrected chi connectivity index (χ2v) is 14.1. The number of esters is 1. The molecule has 4 aliphatic rings. The lowest BCUT2D eigenvalue weighted by molar-refractivity contribution is -0.220. The number of ketones is 2. The molecule has 3 saturated carbocycles. The summed E-state index contributed by atoms with van der Waals surface area (Å²) in [5.74, 6) is -3.63. The Kier molecular flexibility index (Phi) is 7.72. The van der Waals surface area contributed by atoms with E-state index in [4.69, 9.17) is 9.47 Å². The van der Waals surface area contributed by atoms with Crippen LogP contribution in [0.2, 0.25) is 0 Å². The summed E-state index contributed by atoms with van der Waals surface area (Å²) in [7, 11) is 0. The molecule has 0 radical (unpaired) electrons. The van der Waals surface area contributed by atoms with Crippen molar-refractivity contribution in [3.8, 4) is 0 Å². The molecule has 40 heavy (non-hydrogen) atoms. The third kappa shape index (κ3) is 4.56. The number of fused-ring (bicyclic) bond motifs is 5. The zero-order valence-electron chi connectivity index (χ0n) is 23.8. The van der Waals surface area contributed by atoms with Gasteiger partial charge in [0.2, 0.25) is 5.78 Å². The second-order valence-electron chi connectivity index (χ2n) is 13.2. The van der Waals surface area contributed by atoms with E-state index in [1.54, 1.807) is 47.6 Å². The van der Waals surface area contributed by atoms with Gasteiger partial charge in [-0.2, -0.15) is 0 Å². The predicted molar refractivity (Wildman–Crippen MR) is 146 cm³/mol. The van der Waals surface area contributed by atoms with Crippen LogP contribution in [0.3, 0.4) is 0 Å². The van der Waals surface area contributed by atoms with Gasteiger partial charge in [-0.1, -0.05) is 41.4 Å². The number of aliphatic hydroxyl groups excluding tert-OH is 1. The number of hydrogen-bond acceptors (Lipinski definition) is 8. The lowest BCUT2D eigenvalue weighted by Crippen LogP contribution is -2.69. The molecular weight excluding hydrogens is 589 g/mol. The molecule has 1 amide bonds. The third-order valence-corrected chi connectivity index (χ3v) is 10.4. The fraction of sp³-hybridized carbons (Fsp3) is 0.724. The van der Waals surface area contributed by atoms with Crippen LogP contribution in [0, 0.1) is 28.6 Å². The average molecular weight is 629 g/mol. The highest BCUT2D eigenvalue weighted by molar-refractivity contribution is 9.10.